The molecule has 0 aromatic heterocycles. The van der Waals surface area contributed by atoms with Crippen molar-refractivity contribution in [2.45, 2.75) is 38.5 Å². The summed E-state index contributed by atoms with van der Waals surface area (Å²) in [6, 6.07) is 0. The highest BCUT2D eigenvalue weighted by Crippen LogP contribution is 2.29. The predicted octanol–water partition coefficient (Wildman–Crippen LogP) is 1.67. The van der Waals surface area contributed by atoms with E-state index >= 15 is 0 Å². The lowest BCUT2D eigenvalue weighted by Gasteiger charge is -2.35. The molecule has 5 heteroatoms. The smallest absolute Gasteiger partial charge is 0.308 e. The number of likely N-dealkylation sites (tertiary alicyclic amines) is 1. The summed E-state index contributed by atoms with van der Waals surface area (Å²) in [4.78, 5) is 24.4. The largest absolute Gasteiger partial charge is 0.481 e. The Bertz CT molecular complexity index is 338. The molecule has 0 spiro atoms. The summed E-state index contributed by atoms with van der Waals surface area (Å²) in [6.45, 7) is 2.02. The van der Waals surface area contributed by atoms with Crippen LogP contribution in [0, 0.1) is 17.8 Å². The van der Waals surface area contributed by atoms with Crippen LogP contribution in [0.4, 0.5) is 0 Å². The van der Waals surface area contributed by atoms with Crippen LogP contribution < -0.4 is 0 Å². The molecular formula is C14H23NO4. The van der Waals surface area contributed by atoms with Crippen molar-refractivity contribution in [3.63, 3.8) is 0 Å². The van der Waals surface area contributed by atoms with Gasteiger partial charge in [0.1, 0.15) is 0 Å². The molecule has 0 radical (unpaired) electrons. The second-order valence-electron chi connectivity index (χ2n) is 5.92. The van der Waals surface area contributed by atoms with Gasteiger partial charge in [-0.3, -0.25) is 9.59 Å². The summed E-state index contributed by atoms with van der Waals surface area (Å²) in [5, 5.41) is 18.2. The molecule has 0 bridgehead atoms. The monoisotopic (exact) mass is 269 g/mol. The van der Waals surface area contributed by atoms with E-state index in [-0.39, 0.29) is 0 Å². The van der Waals surface area contributed by atoms with Gasteiger partial charge in [-0.05, 0) is 31.8 Å². The molecule has 5 nitrogen and oxygen atoms in total. The van der Waals surface area contributed by atoms with Crippen molar-refractivity contribution in [1.82, 2.24) is 4.90 Å². The van der Waals surface area contributed by atoms with Crippen LogP contribution in [-0.4, -0.2) is 46.7 Å². The fourth-order valence-corrected chi connectivity index (χ4v) is 3.43. The van der Waals surface area contributed by atoms with Gasteiger partial charge in [0.25, 0.3) is 0 Å². The van der Waals surface area contributed by atoms with Crippen LogP contribution >= 0.6 is 0 Å². The van der Waals surface area contributed by atoms with Crippen LogP contribution in [0.5, 0.6) is 0 Å². The first-order valence-electron chi connectivity index (χ1n) is 7.26. The Kier molecular flexibility index (Phi) is 4.80. The van der Waals surface area contributed by atoms with Gasteiger partial charge < -0.3 is 15.1 Å². The molecule has 0 amide bonds. The minimum absolute atomic E-state index is 0.388. The average molecular weight is 269 g/mol. The summed E-state index contributed by atoms with van der Waals surface area (Å²) in [5.74, 6) is -2.63. The normalized spacial score (nSPS) is 29.5. The van der Waals surface area contributed by atoms with E-state index in [0.717, 1.165) is 18.9 Å². The Hall–Kier alpha value is -1.10. The quantitative estimate of drug-likeness (QED) is 0.794. The Morgan fingerprint density at radius 3 is 2.21 bits per heavy atom. The maximum atomic E-state index is 11.2. The second-order valence-corrected chi connectivity index (χ2v) is 5.92. The Labute approximate surface area is 113 Å². The van der Waals surface area contributed by atoms with Crippen molar-refractivity contribution in [2.75, 3.05) is 19.6 Å². The predicted molar refractivity (Wildman–Crippen MR) is 69.9 cm³/mol. The molecule has 1 aliphatic carbocycles. The second kappa shape index (κ2) is 6.37. The van der Waals surface area contributed by atoms with Crippen LogP contribution in [0.1, 0.15) is 38.5 Å². The van der Waals surface area contributed by atoms with E-state index in [0.29, 0.717) is 19.5 Å². The van der Waals surface area contributed by atoms with Crippen LogP contribution in [-0.2, 0) is 9.59 Å². The minimum Gasteiger partial charge on any atom is -0.481 e. The summed E-state index contributed by atoms with van der Waals surface area (Å²) >= 11 is 0. The third-order valence-corrected chi connectivity index (χ3v) is 4.66. The number of hydrogen-bond acceptors (Lipinski definition) is 3. The molecule has 2 rings (SSSR count). The highest BCUT2D eigenvalue weighted by atomic mass is 16.4. The number of carbonyl (C=O) groups is 2. The maximum Gasteiger partial charge on any atom is 0.308 e. The topological polar surface area (TPSA) is 77.8 Å². The van der Waals surface area contributed by atoms with Gasteiger partial charge in [-0.25, -0.2) is 0 Å². The van der Waals surface area contributed by atoms with Crippen LogP contribution in [0.15, 0.2) is 0 Å². The molecule has 19 heavy (non-hydrogen) atoms. The van der Waals surface area contributed by atoms with Gasteiger partial charge in [-0.2, -0.15) is 0 Å². The van der Waals surface area contributed by atoms with Crippen molar-refractivity contribution in [1.29, 1.82) is 0 Å². The van der Waals surface area contributed by atoms with E-state index < -0.39 is 23.8 Å². The molecule has 1 saturated carbocycles. The SMILES string of the molecule is O=C(O)C1CCN(CCC2CCCC2)CC1C(=O)O. The number of aliphatic carboxylic acids is 2. The maximum absolute atomic E-state index is 11.2. The lowest BCUT2D eigenvalue weighted by molar-refractivity contribution is -0.157. The highest BCUT2D eigenvalue weighted by Gasteiger charge is 2.38. The molecule has 1 saturated heterocycles. The van der Waals surface area contributed by atoms with Gasteiger partial charge in [-0.1, -0.05) is 25.7 Å². The third kappa shape index (κ3) is 3.69. The van der Waals surface area contributed by atoms with Gasteiger partial charge in [0.05, 0.1) is 11.8 Å². The van der Waals surface area contributed by atoms with Gasteiger partial charge in [0, 0.05) is 6.54 Å². The molecule has 2 aliphatic rings. The molecule has 108 valence electrons. The van der Waals surface area contributed by atoms with E-state index in [1.165, 1.54) is 25.7 Å². The number of carboxylic acid groups (broad SMARTS) is 2. The van der Waals surface area contributed by atoms with Crippen LogP contribution in [0.3, 0.4) is 0 Å². The van der Waals surface area contributed by atoms with E-state index in [9.17, 15) is 9.59 Å². The number of carboxylic acids is 2. The van der Waals surface area contributed by atoms with E-state index in [1.54, 1.807) is 0 Å². The lowest BCUT2D eigenvalue weighted by Crippen LogP contribution is -2.46. The molecule has 0 aromatic rings. The zero-order valence-electron chi connectivity index (χ0n) is 11.3. The Balaban J connectivity index is 1.83. The average Bonchev–Trinajstić information content (AvgIpc) is 2.88. The minimum atomic E-state index is -0.974. The van der Waals surface area contributed by atoms with Crippen LogP contribution in [0.25, 0.3) is 0 Å². The molecule has 2 atom stereocenters. The lowest BCUT2D eigenvalue weighted by atomic mass is 9.85. The highest BCUT2D eigenvalue weighted by molar-refractivity contribution is 5.80. The number of hydrogen-bond donors (Lipinski definition) is 2. The Morgan fingerprint density at radius 2 is 1.63 bits per heavy atom. The van der Waals surface area contributed by atoms with Crippen molar-refractivity contribution in [3.05, 3.63) is 0 Å². The molecule has 0 aromatic carbocycles. The summed E-state index contributed by atoms with van der Waals surface area (Å²) < 4.78 is 0. The number of rotatable bonds is 5. The van der Waals surface area contributed by atoms with Gasteiger partial charge in [0.2, 0.25) is 0 Å². The van der Waals surface area contributed by atoms with Crippen molar-refractivity contribution >= 4 is 11.9 Å². The molecule has 1 aliphatic heterocycles. The molecule has 1 heterocycles. The molecular weight excluding hydrogens is 246 g/mol. The summed E-state index contributed by atoms with van der Waals surface area (Å²) in [5.41, 5.74) is 0. The fourth-order valence-electron chi connectivity index (χ4n) is 3.43. The van der Waals surface area contributed by atoms with Gasteiger partial charge in [-0.15, -0.1) is 0 Å². The van der Waals surface area contributed by atoms with Crippen LogP contribution in [0.2, 0.25) is 0 Å². The van der Waals surface area contributed by atoms with E-state index in [4.69, 9.17) is 10.2 Å². The molecule has 2 N–H and O–H groups in total. The van der Waals surface area contributed by atoms with Crippen molar-refractivity contribution in [2.24, 2.45) is 17.8 Å². The number of piperidine rings is 1. The third-order valence-electron chi connectivity index (χ3n) is 4.66. The molecule has 2 unspecified atom stereocenters. The van der Waals surface area contributed by atoms with E-state index in [1.807, 2.05) is 0 Å². The standard InChI is InChI=1S/C14H23NO4/c16-13(17)11-6-8-15(9-12(11)14(18)19)7-5-10-3-1-2-4-10/h10-12H,1-9H2,(H,16,17)(H,18,19). The summed E-state index contributed by atoms with van der Waals surface area (Å²) in [6.07, 6.45) is 6.83. The first-order valence-corrected chi connectivity index (χ1v) is 7.26. The number of nitrogens with zero attached hydrogens (tertiary/aromatic N) is 1. The van der Waals surface area contributed by atoms with Gasteiger partial charge in [0.15, 0.2) is 0 Å². The summed E-state index contributed by atoms with van der Waals surface area (Å²) in [7, 11) is 0. The fraction of sp³-hybridized carbons (Fsp3) is 0.857. The molecule has 2 fully saturated rings. The zero-order chi connectivity index (χ0) is 13.8. The van der Waals surface area contributed by atoms with Crippen molar-refractivity contribution < 1.29 is 19.8 Å². The zero-order valence-corrected chi connectivity index (χ0v) is 11.3. The first-order chi connectivity index (χ1) is 9.08. The first kappa shape index (κ1) is 14.3. The van der Waals surface area contributed by atoms with Gasteiger partial charge >= 0.3 is 11.9 Å². The van der Waals surface area contributed by atoms with E-state index in [2.05, 4.69) is 4.90 Å². The Morgan fingerprint density at radius 1 is 1.00 bits per heavy atom. The van der Waals surface area contributed by atoms with Crippen molar-refractivity contribution in [3.8, 4) is 0 Å².